The first kappa shape index (κ1) is 89.0. The molecule has 3 rings (SSSR count). The Kier molecular flexibility index (Phi) is 54.3. The summed E-state index contributed by atoms with van der Waals surface area (Å²) in [5, 5.41) is 121. The van der Waals surface area contributed by atoms with E-state index in [2.05, 4.69) is 55.6 Å². The molecule has 0 aromatic carbocycles. The zero-order chi connectivity index (χ0) is 70.4. The van der Waals surface area contributed by atoms with Gasteiger partial charge in [-0.3, -0.25) is 4.79 Å². The topological polar surface area (TPSA) is 307 Å². The van der Waals surface area contributed by atoms with E-state index in [4.69, 9.17) is 28.4 Å². The summed E-state index contributed by atoms with van der Waals surface area (Å²) in [5.74, 6) is -0.285. The Morgan fingerprint density at radius 2 is 0.680 bits per heavy atom. The number of carbonyl (C=O) groups excluding carboxylic acids is 1. The summed E-state index contributed by atoms with van der Waals surface area (Å²) in [6.45, 7) is 1.75. The normalized spacial score (nSPS) is 27.1. The van der Waals surface area contributed by atoms with Gasteiger partial charge in [-0.05, 0) is 57.8 Å². The van der Waals surface area contributed by atoms with Gasteiger partial charge in [0.25, 0.3) is 0 Å². The van der Waals surface area contributed by atoms with E-state index in [-0.39, 0.29) is 18.9 Å². The van der Waals surface area contributed by atoms with Crippen LogP contribution in [-0.4, -0.2) is 193 Å². The van der Waals surface area contributed by atoms with E-state index in [0.29, 0.717) is 6.42 Å². The van der Waals surface area contributed by atoms with Crippen LogP contribution in [-0.2, 0) is 33.2 Å². The van der Waals surface area contributed by atoms with Gasteiger partial charge in [-0.25, -0.2) is 0 Å². The predicted octanol–water partition coefficient (Wildman–Crippen LogP) is 12.5. The molecule has 568 valence electrons. The third-order valence-corrected chi connectivity index (χ3v) is 19.6. The van der Waals surface area contributed by atoms with Gasteiger partial charge in [0.1, 0.15) is 73.2 Å². The van der Waals surface area contributed by atoms with E-state index >= 15 is 0 Å². The van der Waals surface area contributed by atoms with Gasteiger partial charge in [-0.1, -0.05) is 294 Å². The van der Waals surface area contributed by atoms with Gasteiger partial charge in [0.05, 0.1) is 38.6 Å². The molecule has 0 spiro atoms. The molecule has 0 saturated carbocycles. The van der Waals surface area contributed by atoms with Crippen LogP contribution in [0.3, 0.4) is 0 Å². The van der Waals surface area contributed by atoms with Crippen molar-refractivity contribution in [1.29, 1.82) is 0 Å². The first-order valence-corrected chi connectivity index (χ1v) is 39.4. The molecule has 3 aliphatic heterocycles. The summed E-state index contributed by atoms with van der Waals surface area (Å²) >= 11 is 0. The molecule has 1 amide bonds. The molecular formula is C78H143NO18. The molecule has 0 aromatic rings. The fraction of sp³-hybridized carbons (Fsp3) is 0.885. The van der Waals surface area contributed by atoms with Crippen LogP contribution in [0, 0.1) is 0 Å². The number of amides is 1. The summed E-state index contributed by atoms with van der Waals surface area (Å²) in [4.78, 5) is 13.4. The summed E-state index contributed by atoms with van der Waals surface area (Å²) in [7, 11) is 0. The number of nitrogens with one attached hydrogen (secondary N) is 1. The number of rotatable bonds is 62. The smallest absolute Gasteiger partial charge is 0.220 e. The molecule has 0 bridgehead atoms. The molecule has 0 aliphatic carbocycles. The molecule has 12 N–H and O–H groups in total. The number of ether oxygens (including phenoxy) is 6. The number of hydrogen-bond donors (Lipinski definition) is 12. The minimum absolute atomic E-state index is 0.228. The molecule has 3 heterocycles. The first-order chi connectivity index (χ1) is 47.3. The summed E-state index contributed by atoms with van der Waals surface area (Å²) < 4.78 is 34.4. The number of hydrogen-bond acceptors (Lipinski definition) is 18. The highest BCUT2D eigenvalue weighted by atomic mass is 16.8. The van der Waals surface area contributed by atoms with Gasteiger partial charge in [0, 0.05) is 6.42 Å². The molecule has 3 aliphatic rings. The maximum absolute atomic E-state index is 13.4. The van der Waals surface area contributed by atoms with Gasteiger partial charge >= 0.3 is 0 Å². The molecule has 0 aromatic heterocycles. The van der Waals surface area contributed by atoms with Gasteiger partial charge < -0.3 is 89.9 Å². The van der Waals surface area contributed by atoms with Crippen LogP contribution in [0.25, 0.3) is 0 Å². The number of carbonyl (C=O) groups is 1. The predicted molar refractivity (Wildman–Crippen MR) is 383 cm³/mol. The zero-order valence-electron chi connectivity index (χ0n) is 60.6. The molecule has 17 atom stereocenters. The number of allylic oxidation sites excluding steroid dienone is 7. The first-order valence-electron chi connectivity index (χ1n) is 39.4. The van der Waals surface area contributed by atoms with E-state index in [0.717, 1.165) is 77.0 Å². The lowest BCUT2D eigenvalue weighted by atomic mass is 9.96. The van der Waals surface area contributed by atoms with E-state index in [1.165, 1.54) is 205 Å². The third-order valence-electron chi connectivity index (χ3n) is 19.6. The number of unbranched alkanes of at least 4 members (excludes halogenated alkanes) is 40. The highest BCUT2D eigenvalue weighted by molar-refractivity contribution is 5.76. The van der Waals surface area contributed by atoms with Crippen molar-refractivity contribution in [3.63, 3.8) is 0 Å². The van der Waals surface area contributed by atoms with E-state index in [9.17, 15) is 61.0 Å². The number of aliphatic hydroxyl groups is 11. The van der Waals surface area contributed by atoms with Crippen LogP contribution >= 0.6 is 0 Å². The standard InChI is InChI=1S/C78H143NO18/c1-3-5-7-9-11-13-15-17-19-21-23-25-26-27-28-29-30-31-32-33-34-36-37-39-41-43-45-47-49-51-53-55-62(83)61(79-66(84)56-54-52-50-48-46-44-42-40-38-35-24-22-20-18-16-14-12-10-8-6-4-2)60-92-76-72(90)69(87)74(64(58-81)94-76)97-78-73(91)70(88)75(65(59-82)95-78)96-77-71(89)68(86)67(85)63(57-80)93-77/h16,18,22,24,38,40,53,55,61-65,67-78,80-83,85-91H,3-15,17,19-21,23,25-37,39,41-52,54,56-60H2,1-2H3,(H,79,84)/b18-16-,24-22-,40-38-,55-53+. The summed E-state index contributed by atoms with van der Waals surface area (Å²) in [6.07, 6.45) is 46.7. The van der Waals surface area contributed by atoms with Crippen molar-refractivity contribution >= 4 is 5.91 Å². The Labute approximate surface area is 586 Å². The fourth-order valence-corrected chi connectivity index (χ4v) is 13.3. The van der Waals surface area contributed by atoms with Gasteiger partial charge in [-0.15, -0.1) is 0 Å². The minimum atomic E-state index is -1.98. The van der Waals surface area contributed by atoms with Crippen molar-refractivity contribution in [2.24, 2.45) is 0 Å². The Morgan fingerprint density at radius 3 is 1.06 bits per heavy atom. The average molecular weight is 1380 g/mol. The third kappa shape index (κ3) is 39.8. The molecule has 17 unspecified atom stereocenters. The van der Waals surface area contributed by atoms with Crippen molar-refractivity contribution in [2.45, 2.75) is 413 Å². The van der Waals surface area contributed by atoms with Crippen LogP contribution in [0.15, 0.2) is 48.6 Å². The highest BCUT2D eigenvalue weighted by Gasteiger charge is 2.53. The maximum atomic E-state index is 13.4. The largest absolute Gasteiger partial charge is 0.394 e. The second kappa shape index (κ2) is 59.2. The lowest BCUT2D eigenvalue weighted by Crippen LogP contribution is -2.66. The molecule has 97 heavy (non-hydrogen) atoms. The second-order valence-electron chi connectivity index (χ2n) is 28.2. The lowest BCUT2D eigenvalue weighted by Gasteiger charge is -2.48. The summed E-state index contributed by atoms with van der Waals surface area (Å²) in [5.41, 5.74) is 0. The molecule has 19 nitrogen and oxygen atoms in total. The quantitative estimate of drug-likeness (QED) is 0.0199. The van der Waals surface area contributed by atoms with Crippen molar-refractivity contribution in [3.05, 3.63) is 48.6 Å². The van der Waals surface area contributed by atoms with Crippen molar-refractivity contribution in [1.82, 2.24) is 5.32 Å². The van der Waals surface area contributed by atoms with Crippen molar-refractivity contribution < 1.29 is 89.4 Å². The van der Waals surface area contributed by atoms with Crippen molar-refractivity contribution in [3.8, 4) is 0 Å². The fourth-order valence-electron chi connectivity index (χ4n) is 13.3. The number of aliphatic hydroxyl groups excluding tert-OH is 11. The van der Waals surface area contributed by atoms with Crippen LogP contribution in [0.1, 0.15) is 309 Å². The molecular weight excluding hydrogens is 1240 g/mol. The van der Waals surface area contributed by atoms with Crippen LogP contribution < -0.4 is 5.32 Å². The van der Waals surface area contributed by atoms with Gasteiger partial charge in [0.2, 0.25) is 5.91 Å². The lowest BCUT2D eigenvalue weighted by molar-refractivity contribution is -0.379. The second-order valence-corrected chi connectivity index (χ2v) is 28.2. The minimum Gasteiger partial charge on any atom is -0.394 e. The Hall–Kier alpha value is -2.25. The van der Waals surface area contributed by atoms with E-state index < -0.39 is 124 Å². The molecule has 3 saturated heterocycles. The van der Waals surface area contributed by atoms with E-state index in [1.807, 2.05) is 6.08 Å². The van der Waals surface area contributed by atoms with Crippen LogP contribution in [0.4, 0.5) is 0 Å². The van der Waals surface area contributed by atoms with Gasteiger partial charge in [0.15, 0.2) is 18.9 Å². The molecule has 3 fully saturated rings. The monoisotopic (exact) mass is 1380 g/mol. The molecule has 0 radical (unpaired) electrons. The van der Waals surface area contributed by atoms with Crippen molar-refractivity contribution in [2.75, 3.05) is 26.4 Å². The zero-order valence-corrected chi connectivity index (χ0v) is 60.6. The molecule has 19 heteroatoms. The van der Waals surface area contributed by atoms with Crippen LogP contribution in [0.5, 0.6) is 0 Å². The van der Waals surface area contributed by atoms with Gasteiger partial charge in [-0.2, -0.15) is 0 Å². The van der Waals surface area contributed by atoms with E-state index in [1.54, 1.807) is 6.08 Å². The average Bonchev–Trinajstić information content (AvgIpc) is 0.789. The Bertz CT molecular complexity index is 1940. The summed E-state index contributed by atoms with van der Waals surface area (Å²) in [6, 6.07) is -0.983. The highest BCUT2D eigenvalue weighted by Crippen LogP contribution is 2.33. The van der Waals surface area contributed by atoms with Crippen LogP contribution in [0.2, 0.25) is 0 Å². The Balaban J connectivity index is 1.39. The maximum Gasteiger partial charge on any atom is 0.220 e. The SMILES string of the molecule is CCCCCCC/C=C\C/C=C\C/C=C\CCCCCCCCC(=O)NC(COC1OC(CO)C(OC2OC(CO)C(OC3OC(CO)C(O)C(O)C3O)C(O)C2O)C(O)C1O)C(O)/C=C/CCCCCCCCCCCCCCCCCCCCCCCCCCCCCCC. The Morgan fingerprint density at radius 1 is 0.371 bits per heavy atom.